The van der Waals surface area contributed by atoms with Crippen LogP contribution in [0.4, 0.5) is 21.0 Å². The minimum Gasteiger partial charge on any atom is -0.488 e. The second-order valence-electron chi connectivity index (χ2n) is 36.3. The molecule has 14 atom stereocenters. The molecular formula is C98H124N8O12. The zero-order chi connectivity index (χ0) is 83.7. The highest BCUT2D eigenvalue weighted by Gasteiger charge is 2.45. The number of likely N-dealkylation sites (tertiary alicyclic amines) is 3. The second-order valence-corrected chi connectivity index (χ2v) is 36.3. The van der Waals surface area contributed by atoms with E-state index in [0.29, 0.717) is 67.7 Å². The van der Waals surface area contributed by atoms with E-state index in [1.165, 1.54) is 104 Å². The number of carboxylic acid groups (broad SMARTS) is 1. The summed E-state index contributed by atoms with van der Waals surface area (Å²) in [5, 5.41) is 15.8. The van der Waals surface area contributed by atoms with Gasteiger partial charge in [-0.15, -0.1) is 0 Å². The highest BCUT2D eigenvalue weighted by atomic mass is 16.6. The van der Waals surface area contributed by atoms with Crippen molar-refractivity contribution in [2.75, 3.05) is 54.2 Å². The van der Waals surface area contributed by atoms with Crippen molar-refractivity contribution in [3.8, 4) is 33.8 Å². The molecule has 118 heavy (non-hydrogen) atoms. The SMILES string of the molecule is CC[C@H](C)[C@H](NC(=O)OC)C(=O)O.CC[C@H]1C[C@@H](C2=NC=C(c3ccc4c(c3)COc3cc5c6c(ccc5cc3-4)N=C([C@@H]3C[C@H](COC)CN3C(=O)[C@@H](C)[C@@H](C)CC)C6)C2)N(C(=O)[C@@H](C)[C@@H](C)CC)C1.CC[C@H]1C[C@@H](C2=NC=C(c3ccc4c(c3)COc3cc5c6c(ccc5cc3-4)N=C([C@H]3CC[C@@H](COC)C3)C6)C2)N(C(=O)OC(C)(C)C)C1. The Morgan fingerprint density at radius 1 is 0.525 bits per heavy atom. The van der Waals surface area contributed by atoms with Crippen molar-refractivity contribution in [3.63, 3.8) is 0 Å². The molecule has 6 aromatic carbocycles. The number of ether oxygens (including phenoxy) is 6. The molecule has 0 radical (unpaired) electrons. The number of nitrogens with one attached hydrogen (secondary N) is 1. The number of amides is 4. The van der Waals surface area contributed by atoms with Gasteiger partial charge in [-0.1, -0.05) is 138 Å². The number of methoxy groups -OCH3 is 3. The van der Waals surface area contributed by atoms with Crippen molar-refractivity contribution in [1.29, 1.82) is 0 Å². The lowest BCUT2D eigenvalue weighted by atomic mass is 9.89. The lowest BCUT2D eigenvalue weighted by molar-refractivity contribution is -0.141. The smallest absolute Gasteiger partial charge is 0.410 e. The van der Waals surface area contributed by atoms with Gasteiger partial charge in [-0.05, 0) is 226 Å². The number of nitrogens with zero attached hydrogens (tertiary/aromatic N) is 7. The maximum Gasteiger partial charge on any atom is 0.410 e. The van der Waals surface area contributed by atoms with Crippen LogP contribution in [0.15, 0.2) is 117 Å². The molecule has 4 fully saturated rings. The summed E-state index contributed by atoms with van der Waals surface area (Å²) in [5.41, 5.74) is 20.6. The number of hydrogen-bond acceptors (Lipinski definition) is 15. The molecule has 20 nitrogen and oxygen atoms in total. The monoisotopic (exact) mass is 1600 g/mol. The minimum atomic E-state index is -1.04. The molecule has 16 rings (SSSR count). The number of benzene rings is 6. The first kappa shape index (κ1) is 84.9. The van der Waals surface area contributed by atoms with Crippen LogP contribution < -0.4 is 14.8 Å². The number of carbonyl (C=O) groups is 5. The Kier molecular flexibility index (Phi) is 26.0. The van der Waals surface area contributed by atoms with Crippen LogP contribution in [-0.4, -0.2) is 157 Å². The summed E-state index contributed by atoms with van der Waals surface area (Å²) in [6, 6.07) is 30.5. The highest BCUT2D eigenvalue weighted by Crippen LogP contribution is 2.49. The molecule has 10 aliphatic rings. The number of rotatable bonds is 22. The van der Waals surface area contributed by atoms with Crippen molar-refractivity contribution >= 4 is 96.9 Å². The van der Waals surface area contributed by atoms with E-state index in [-0.39, 0.29) is 53.8 Å². The third-order valence-electron chi connectivity index (χ3n) is 27.7. The molecule has 0 aromatic heterocycles. The van der Waals surface area contributed by atoms with E-state index in [2.05, 4.69) is 160 Å². The average molecular weight is 1610 g/mol. The third-order valence-corrected chi connectivity index (χ3v) is 27.7. The van der Waals surface area contributed by atoms with E-state index in [1.807, 2.05) is 52.1 Å². The van der Waals surface area contributed by atoms with Gasteiger partial charge in [-0.2, -0.15) is 0 Å². The average Bonchev–Trinajstić information content (AvgIpc) is 1.40. The molecule has 9 aliphatic heterocycles. The number of allylic oxidation sites excluding steroid dienone is 2. The Hall–Kier alpha value is -9.53. The Balaban J connectivity index is 0.000000170. The van der Waals surface area contributed by atoms with Crippen molar-refractivity contribution in [2.24, 2.45) is 79.1 Å². The summed E-state index contributed by atoms with van der Waals surface area (Å²) >= 11 is 0. The molecule has 4 amide bonds. The molecule has 3 saturated heterocycles. The van der Waals surface area contributed by atoms with E-state index in [4.69, 9.17) is 48.8 Å². The van der Waals surface area contributed by atoms with Gasteiger partial charge in [0.25, 0.3) is 0 Å². The van der Waals surface area contributed by atoms with Crippen molar-refractivity contribution in [1.82, 2.24) is 20.0 Å². The van der Waals surface area contributed by atoms with Crippen molar-refractivity contribution in [3.05, 3.63) is 131 Å². The van der Waals surface area contributed by atoms with Gasteiger partial charge in [0.1, 0.15) is 36.4 Å². The van der Waals surface area contributed by atoms with Crippen molar-refractivity contribution in [2.45, 2.75) is 229 Å². The van der Waals surface area contributed by atoms with Gasteiger partial charge in [-0.25, -0.2) is 14.4 Å². The Morgan fingerprint density at radius 2 is 0.992 bits per heavy atom. The lowest BCUT2D eigenvalue weighted by Crippen LogP contribution is -2.44. The van der Waals surface area contributed by atoms with Crippen LogP contribution in [0, 0.1) is 59.2 Å². The Bertz CT molecular complexity index is 5030. The molecule has 6 aromatic rings. The molecule has 1 aliphatic carbocycles. The fourth-order valence-corrected chi connectivity index (χ4v) is 19.6. The molecule has 0 spiro atoms. The molecule has 20 heteroatoms. The van der Waals surface area contributed by atoms with E-state index in [0.717, 1.165) is 154 Å². The quantitative estimate of drug-likeness (QED) is 0.0646. The minimum absolute atomic E-state index is 0.0100. The summed E-state index contributed by atoms with van der Waals surface area (Å²) in [4.78, 5) is 88.6. The van der Waals surface area contributed by atoms with Gasteiger partial charge in [0.2, 0.25) is 11.8 Å². The third kappa shape index (κ3) is 17.7. The predicted molar refractivity (Wildman–Crippen MR) is 470 cm³/mol. The van der Waals surface area contributed by atoms with Gasteiger partial charge >= 0.3 is 18.2 Å². The molecule has 0 bridgehead atoms. The summed E-state index contributed by atoms with van der Waals surface area (Å²) in [5.74, 6) is 4.42. The Morgan fingerprint density at radius 3 is 1.47 bits per heavy atom. The maximum absolute atomic E-state index is 13.9. The number of carboxylic acids is 1. The van der Waals surface area contributed by atoms with E-state index >= 15 is 0 Å². The first-order valence-corrected chi connectivity index (χ1v) is 43.8. The standard InChI is InChI=1S/C49H62N4O4.C41H47N3O4.C8H15NO4/c1-9-28(4)30(6)48(54)52-24-32(11-3)16-45(52)43-20-36(23-50-43)34-12-14-38-37(18-34)27-57-47-22-39-35(19-41(38)47)13-15-42-40(39)21-44(51-42)46-17-33(26-56-8)25-53(46)49(55)31(7)29(5)10-2;1-6-24-14-38(44(21-24)40(45)48-41(2,3)4)37-17-29(20-42-37)26-9-11-31-30(15-26)23-47-39-19-32-27(16-34(31)39)10-12-35-33(32)18-36(43-35)28-8-7-25(13-28)22-46-5;1-4-5(2)6(7(10)11)9-8(12)13-3/h12-15,18-19,22-23,28-33,45-46H,9-11,16-17,20-21,24-27H2,1-8H3;9-12,15-16,19-20,24-25,28,38H,6-8,13-14,17-18,21-23H2,1-5H3;5-6H,4H2,1-3H3,(H,9,12)(H,10,11)/t28-,29-,30-,31-,32-,33-,45-,46-;24-,25+,28-,38-;5-,6-/m000/s1. The van der Waals surface area contributed by atoms with Crippen LogP contribution in [0.3, 0.4) is 0 Å². The zero-order valence-electron chi connectivity index (χ0n) is 72.4. The molecule has 1 saturated carbocycles. The van der Waals surface area contributed by atoms with Gasteiger partial charge < -0.3 is 48.6 Å². The van der Waals surface area contributed by atoms with Crippen molar-refractivity contribution < 1.29 is 57.5 Å². The first-order chi connectivity index (χ1) is 56.7. The van der Waals surface area contributed by atoms with Crippen LogP contribution in [0.1, 0.15) is 207 Å². The number of aliphatic carboxylic acids is 1. The Labute approximate surface area is 697 Å². The van der Waals surface area contributed by atoms with Crippen LogP contribution in [0.25, 0.3) is 54.9 Å². The topological polar surface area (TPSA) is 232 Å². The molecule has 0 unspecified atom stereocenters. The van der Waals surface area contributed by atoms with Gasteiger partial charge in [-0.3, -0.25) is 34.5 Å². The number of aliphatic imine (C=N–C) groups is 4. The van der Waals surface area contributed by atoms with Crippen LogP contribution in [0.5, 0.6) is 11.5 Å². The lowest BCUT2D eigenvalue weighted by Gasteiger charge is -2.30. The fraction of sp³-hybridized carbons (Fsp3) is 0.541. The number of hydrogen-bond donors (Lipinski definition) is 2. The second kappa shape index (κ2) is 36.2. The zero-order valence-corrected chi connectivity index (χ0v) is 72.4. The molecule has 9 heterocycles. The fourth-order valence-electron chi connectivity index (χ4n) is 19.6. The van der Waals surface area contributed by atoms with E-state index < -0.39 is 23.7 Å². The van der Waals surface area contributed by atoms with Crippen LogP contribution >= 0.6 is 0 Å². The number of carbonyl (C=O) groups excluding carboxylic acids is 4. The van der Waals surface area contributed by atoms with Crippen LogP contribution in [-0.2, 0) is 59.4 Å². The maximum atomic E-state index is 13.9. The summed E-state index contributed by atoms with van der Waals surface area (Å²) in [7, 11) is 4.76. The van der Waals surface area contributed by atoms with E-state index in [1.54, 1.807) is 14.0 Å². The number of alkyl carbamates (subject to hydrolysis) is 1. The van der Waals surface area contributed by atoms with Gasteiger partial charge in [0, 0.05) is 130 Å². The number of fused-ring (bicyclic) bond motifs is 12. The summed E-state index contributed by atoms with van der Waals surface area (Å²) < 4.78 is 34.1. The first-order valence-electron chi connectivity index (χ1n) is 43.8. The normalized spacial score (nSPS) is 23.4. The van der Waals surface area contributed by atoms with Crippen LogP contribution in [0.2, 0.25) is 0 Å². The largest absolute Gasteiger partial charge is 0.488 e. The summed E-state index contributed by atoms with van der Waals surface area (Å²) in [6.07, 6.45) is 17.5. The van der Waals surface area contributed by atoms with Gasteiger partial charge in [0.15, 0.2) is 0 Å². The van der Waals surface area contributed by atoms with E-state index in [9.17, 15) is 24.0 Å². The highest BCUT2D eigenvalue weighted by molar-refractivity contribution is 6.09. The summed E-state index contributed by atoms with van der Waals surface area (Å²) in [6.45, 7) is 31.5. The molecular weight excluding hydrogens is 1480 g/mol. The predicted octanol–water partition coefficient (Wildman–Crippen LogP) is 20.2. The van der Waals surface area contributed by atoms with Gasteiger partial charge in [0.05, 0.1) is 43.2 Å². The molecule has 628 valence electrons. The molecule has 2 N–H and O–H groups in total.